The van der Waals surface area contributed by atoms with Gasteiger partial charge >= 0.3 is 0 Å². The number of piperazine rings is 1. The van der Waals surface area contributed by atoms with Gasteiger partial charge in [0, 0.05) is 38.2 Å². The van der Waals surface area contributed by atoms with Crippen LogP contribution in [0.1, 0.15) is 28.8 Å². The SMILES string of the molecule is Cc1ccccc1OCCCC(=O)N1CCN(C(=O)c2ccc3nc[nH]c3c2)CC1. The molecule has 1 fully saturated rings. The number of imidazole rings is 1. The summed E-state index contributed by atoms with van der Waals surface area (Å²) in [7, 11) is 0. The number of aromatic amines is 1. The predicted octanol–water partition coefficient (Wildman–Crippen LogP) is 3.01. The van der Waals surface area contributed by atoms with E-state index in [1.165, 1.54) is 0 Å². The van der Waals surface area contributed by atoms with Crippen LogP contribution in [0.3, 0.4) is 0 Å². The number of nitrogens with zero attached hydrogens (tertiary/aromatic N) is 3. The summed E-state index contributed by atoms with van der Waals surface area (Å²) >= 11 is 0. The Morgan fingerprint density at radius 3 is 2.63 bits per heavy atom. The molecule has 7 heteroatoms. The van der Waals surface area contributed by atoms with Gasteiger partial charge in [0.05, 0.1) is 24.0 Å². The number of hydrogen-bond donors (Lipinski definition) is 1. The summed E-state index contributed by atoms with van der Waals surface area (Å²) in [5.41, 5.74) is 3.42. The highest BCUT2D eigenvalue weighted by atomic mass is 16.5. The van der Waals surface area contributed by atoms with E-state index in [0.717, 1.165) is 22.3 Å². The van der Waals surface area contributed by atoms with Crippen molar-refractivity contribution in [2.24, 2.45) is 0 Å². The van der Waals surface area contributed by atoms with Gasteiger partial charge in [-0.05, 0) is 43.2 Å². The molecule has 0 radical (unpaired) electrons. The van der Waals surface area contributed by atoms with Crippen LogP contribution < -0.4 is 4.74 Å². The van der Waals surface area contributed by atoms with E-state index in [4.69, 9.17) is 4.74 Å². The lowest BCUT2D eigenvalue weighted by Gasteiger charge is -2.35. The first-order chi connectivity index (χ1) is 14.6. The fourth-order valence-electron chi connectivity index (χ4n) is 3.69. The molecule has 156 valence electrons. The third kappa shape index (κ3) is 4.45. The molecule has 0 unspecified atom stereocenters. The molecule has 1 N–H and O–H groups in total. The van der Waals surface area contributed by atoms with Gasteiger partial charge in [-0.3, -0.25) is 9.59 Å². The van der Waals surface area contributed by atoms with Gasteiger partial charge in [0.2, 0.25) is 5.91 Å². The van der Waals surface area contributed by atoms with Crippen LogP contribution in [0.25, 0.3) is 11.0 Å². The fraction of sp³-hybridized carbons (Fsp3) is 0.348. The van der Waals surface area contributed by atoms with Gasteiger partial charge in [0.15, 0.2) is 0 Å². The lowest BCUT2D eigenvalue weighted by molar-refractivity contribution is -0.132. The number of aromatic nitrogens is 2. The molecule has 1 aliphatic rings. The van der Waals surface area contributed by atoms with Crippen LogP contribution in [0.2, 0.25) is 0 Å². The van der Waals surface area contributed by atoms with Gasteiger partial charge in [-0.15, -0.1) is 0 Å². The molecule has 4 rings (SSSR count). The summed E-state index contributed by atoms with van der Waals surface area (Å²) in [6.07, 6.45) is 2.75. The number of carbonyl (C=O) groups excluding carboxylic acids is 2. The molecule has 1 aromatic heterocycles. The average molecular weight is 406 g/mol. The van der Waals surface area contributed by atoms with E-state index >= 15 is 0 Å². The maximum atomic E-state index is 12.8. The van der Waals surface area contributed by atoms with Crippen LogP contribution >= 0.6 is 0 Å². The second kappa shape index (κ2) is 8.98. The van der Waals surface area contributed by atoms with E-state index < -0.39 is 0 Å². The molecule has 2 aromatic carbocycles. The number of rotatable bonds is 6. The lowest BCUT2D eigenvalue weighted by Crippen LogP contribution is -2.50. The van der Waals surface area contributed by atoms with Crippen molar-refractivity contribution in [2.45, 2.75) is 19.8 Å². The Morgan fingerprint density at radius 1 is 1.07 bits per heavy atom. The van der Waals surface area contributed by atoms with Gasteiger partial charge in [-0.2, -0.15) is 0 Å². The summed E-state index contributed by atoms with van der Waals surface area (Å²) in [6, 6.07) is 13.4. The molecule has 7 nitrogen and oxygen atoms in total. The molecule has 3 aromatic rings. The Morgan fingerprint density at radius 2 is 1.83 bits per heavy atom. The fourth-order valence-corrected chi connectivity index (χ4v) is 3.69. The van der Waals surface area contributed by atoms with Crippen LogP contribution in [0.15, 0.2) is 48.8 Å². The van der Waals surface area contributed by atoms with Crippen LogP contribution in [0, 0.1) is 6.92 Å². The average Bonchev–Trinajstić information content (AvgIpc) is 3.25. The maximum Gasteiger partial charge on any atom is 0.254 e. The van der Waals surface area contributed by atoms with Crippen LogP contribution in [-0.4, -0.2) is 64.4 Å². The number of H-pyrrole nitrogens is 1. The van der Waals surface area contributed by atoms with Crippen molar-refractivity contribution in [3.05, 3.63) is 59.9 Å². The zero-order chi connectivity index (χ0) is 20.9. The second-order valence-electron chi connectivity index (χ2n) is 7.52. The molecular weight excluding hydrogens is 380 g/mol. The topological polar surface area (TPSA) is 78.5 Å². The van der Waals surface area contributed by atoms with E-state index in [9.17, 15) is 9.59 Å². The molecule has 1 saturated heterocycles. The van der Waals surface area contributed by atoms with Crippen LogP contribution in [0.4, 0.5) is 0 Å². The van der Waals surface area contributed by atoms with Gasteiger partial charge < -0.3 is 19.5 Å². The van der Waals surface area contributed by atoms with E-state index in [1.54, 1.807) is 12.4 Å². The van der Waals surface area contributed by atoms with Crippen molar-refractivity contribution >= 4 is 22.8 Å². The number of amides is 2. The number of para-hydroxylation sites is 1. The van der Waals surface area contributed by atoms with Gasteiger partial charge in [-0.25, -0.2) is 4.98 Å². The zero-order valence-electron chi connectivity index (χ0n) is 17.1. The number of benzene rings is 2. The number of ether oxygens (including phenoxy) is 1. The number of carbonyl (C=O) groups is 2. The molecule has 2 heterocycles. The Hall–Kier alpha value is -3.35. The Balaban J connectivity index is 1.22. The van der Waals surface area contributed by atoms with Gasteiger partial charge in [0.1, 0.15) is 5.75 Å². The maximum absolute atomic E-state index is 12.8. The first kappa shape index (κ1) is 19.9. The third-order valence-corrected chi connectivity index (χ3v) is 5.47. The van der Waals surface area contributed by atoms with E-state index in [-0.39, 0.29) is 11.8 Å². The smallest absolute Gasteiger partial charge is 0.254 e. The van der Waals surface area contributed by atoms with E-state index in [2.05, 4.69) is 9.97 Å². The lowest BCUT2D eigenvalue weighted by atomic mass is 10.1. The number of fused-ring (bicyclic) bond motifs is 1. The Bertz CT molecular complexity index is 1040. The highest BCUT2D eigenvalue weighted by Crippen LogP contribution is 2.17. The first-order valence-electron chi connectivity index (χ1n) is 10.3. The minimum absolute atomic E-state index is 0.00905. The van der Waals surface area contributed by atoms with Crippen molar-refractivity contribution in [3.63, 3.8) is 0 Å². The van der Waals surface area contributed by atoms with Gasteiger partial charge in [0.25, 0.3) is 5.91 Å². The summed E-state index contributed by atoms with van der Waals surface area (Å²) in [5.74, 6) is 0.977. The predicted molar refractivity (Wildman–Crippen MR) is 114 cm³/mol. The summed E-state index contributed by atoms with van der Waals surface area (Å²) in [5, 5.41) is 0. The molecular formula is C23H26N4O3. The normalized spacial score (nSPS) is 14.2. The summed E-state index contributed by atoms with van der Waals surface area (Å²) in [6.45, 7) is 4.75. The number of nitrogens with one attached hydrogen (secondary N) is 1. The van der Waals surface area contributed by atoms with E-state index in [0.29, 0.717) is 51.2 Å². The van der Waals surface area contributed by atoms with Crippen molar-refractivity contribution in [1.82, 2.24) is 19.8 Å². The standard InChI is InChI=1S/C23H26N4O3/c1-17-5-2-3-6-21(17)30-14-4-7-22(28)26-10-12-27(13-11-26)23(29)18-8-9-19-20(15-18)25-16-24-19/h2-3,5-6,8-9,15-16H,4,7,10-14H2,1H3,(H,24,25). The van der Waals surface area contributed by atoms with E-state index in [1.807, 2.05) is 53.1 Å². The minimum Gasteiger partial charge on any atom is -0.493 e. The molecule has 0 aliphatic carbocycles. The minimum atomic E-state index is -0.00905. The third-order valence-electron chi connectivity index (χ3n) is 5.47. The van der Waals surface area contributed by atoms with Crippen molar-refractivity contribution in [3.8, 4) is 5.75 Å². The summed E-state index contributed by atoms with van der Waals surface area (Å²) in [4.78, 5) is 36.1. The molecule has 2 amide bonds. The number of aryl methyl sites for hydroxylation is 1. The zero-order valence-corrected chi connectivity index (χ0v) is 17.1. The molecule has 1 aliphatic heterocycles. The van der Waals surface area contributed by atoms with Crippen LogP contribution in [0.5, 0.6) is 5.75 Å². The highest BCUT2D eigenvalue weighted by Gasteiger charge is 2.24. The van der Waals surface area contributed by atoms with Crippen molar-refractivity contribution < 1.29 is 14.3 Å². The molecule has 0 bridgehead atoms. The Kier molecular flexibility index (Phi) is 5.97. The monoisotopic (exact) mass is 406 g/mol. The first-order valence-corrected chi connectivity index (χ1v) is 10.3. The van der Waals surface area contributed by atoms with Crippen molar-refractivity contribution in [1.29, 1.82) is 0 Å². The second-order valence-corrected chi connectivity index (χ2v) is 7.52. The van der Waals surface area contributed by atoms with Gasteiger partial charge in [-0.1, -0.05) is 18.2 Å². The molecule has 0 spiro atoms. The quantitative estimate of drug-likeness (QED) is 0.639. The van der Waals surface area contributed by atoms with Crippen molar-refractivity contribution in [2.75, 3.05) is 32.8 Å². The largest absolute Gasteiger partial charge is 0.493 e. The molecule has 0 atom stereocenters. The highest BCUT2D eigenvalue weighted by molar-refractivity contribution is 5.97. The number of hydrogen-bond acceptors (Lipinski definition) is 4. The van der Waals surface area contributed by atoms with Crippen LogP contribution in [-0.2, 0) is 4.79 Å². The molecule has 0 saturated carbocycles. The Labute approximate surface area is 175 Å². The summed E-state index contributed by atoms with van der Waals surface area (Å²) < 4.78 is 5.77. The molecule has 30 heavy (non-hydrogen) atoms.